The van der Waals surface area contributed by atoms with Gasteiger partial charge in [0.05, 0.1) is 0 Å². The van der Waals surface area contributed by atoms with Crippen LogP contribution in [0.3, 0.4) is 0 Å². The number of halogens is 6. The van der Waals surface area contributed by atoms with E-state index >= 15 is 0 Å². The number of thiol groups is 2. The van der Waals surface area contributed by atoms with Crippen LogP contribution in [0.5, 0.6) is 0 Å². The molecule has 0 heterocycles. The van der Waals surface area contributed by atoms with Crippen molar-refractivity contribution in [3.63, 3.8) is 0 Å². The van der Waals surface area contributed by atoms with Crippen molar-refractivity contribution in [2.75, 3.05) is 0 Å². The van der Waals surface area contributed by atoms with Crippen molar-refractivity contribution in [2.45, 2.75) is 23.2 Å². The predicted molar refractivity (Wildman–Crippen MR) is 48.8 cm³/mol. The lowest BCUT2D eigenvalue weighted by Gasteiger charge is -2.18. The van der Waals surface area contributed by atoms with E-state index in [0.717, 1.165) is 0 Å². The van der Waals surface area contributed by atoms with Crippen LogP contribution in [-0.2, 0) is 13.6 Å². The van der Waals surface area contributed by atoms with Crippen molar-refractivity contribution in [3.05, 3.63) is 0 Å². The van der Waals surface area contributed by atoms with Gasteiger partial charge >= 0.3 is 20.6 Å². The van der Waals surface area contributed by atoms with Crippen LogP contribution in [0.4, 0.5) is 26.3 Å². The normalized spacial score (nSPS) is 17.6. The summed E-state index contributed by atoms with van der Waals surface area (Å²) in [6.07, 6.45) is -9.92. The highest BCUT2D eigenvalue weighted by atomic mass is 32.1. The monoisotopic (exact) mass is 310 g/mol. The minimum Gasteiger partial charge on any atom is -0.287 e. The Labute approximate surface area is 97.2 Å². The van der Waals surface area contributed by atoms with Crippen LogP contribution >= 0.6 is 33.5 Å². The van der Waals surface area contributed by atoms with Crippen LogP contribution in [0.2, 0.25) is 0 Å². The summed E-state index contributed by atoms with van der Waals surface area (Å²) in [5, 5.41) is 0. The second-order valence-corrected chi connectivity index (χ2v) is 4.18. The molecule has 0 aliphatic heterocycles. The molecule has 12 heteroatoms. The van der Waals surface area contributed by atoms with Crippen molar-refractivity contribution in [1.82, 2.24) is 0 Å². The molecule has 0 spiro atoms. The molecular formula is C4H5F6O3PS2. The van der Waals surface area contributed by atoms with Gasteiger partial charge in [-0.05, 0) is 0 Å². The fraction of sp³-hybridized carbons (Fsp3) is 1.00. The number of alkyl halides is 6. The number of hydrogen-bond donors (Lipinski definition) is 2. The van der Waals surface area contributed by atoms with E-state index in [2.05, 4.69) is 34.3 Å². The fourth-order valence-electron chi connectivity index (χ4n) is 0.344. The van der Waals surface area contributed by atoms with E-state index in [1.165, 1.54) is 0 Å². The fourth-order valence-corrected chi connectivity index (χ4v) is 1.55. The second kappa shape index (κ2) is 5.85. The number of rotatable bonds is 4. The van der Waals surface area contributed by atoms with Gasteiger partial charge in [-0.3, -0.25) is 13.6 Å². The van der Waals surface area contributed by atoms with Crippen molar-refractivity contribution in [1.29, 1.82) is 0 Å². The molecule has 0 aromatic carbocycles. The molecule has 98 valence electrons. The number of hydrogen-bond acceptors (Lipinski definition) is 5. The maximum absolute atomic E-state index is 11.8. The third-order valence-electron chi connectivity index (χ3n) is 0.976. The molecule has 0 rings (SSSR count). The van der Waals surface area contributed by atoms with E-state index < -0.39 is 31.5 Å². The van der Waals surface area contributed by atoms with Crippen LogP contribution in [0.15, 0.2) is 0 Å². The first-order valence-electron chi connectivity index (χ1n) is 3.31. The summed E-state index contributed by atoms with van der Waals surface area (Å²) >= 11 is 5.67. The quantitative estimate of drug-likeness (QED) is 0.363. The minimum absolute atomic E-state index is 2.78. The molecule has 0 aromatic heterocycles. The zero-order chi connectivity index (χ0) is 13.1. The third kappa shape index (κ3) is 6.24. The third-order valence-corrected chi connectivity index (χ3v) is 3.03. The van der Waals surface area contributed by atoms with Crippen LogP contribution in [0, 0.1) is 0 Å². The first-order chi connectivity index (χ1) is 6.94. The van der Waals surface area contributed by atoms with Gasteiger partial charge in [-0.25, -0.2) is 0 Å². The lowest BCUT2D eigenvalue weighted by molar-refractivity contribution is -0.176. The lowest BCUT2D eigenvalue weighted by atomic mass is 10.7. The molecule has 3 nitrogen and oxygen atoms in total. The Kier molecular flexibility index (Phi) is 6.01. The second-order valence-electron chi connectivity index (χ2n) is 2.27. The first kappa shape index (κ1) is 16.4. The Morgan fingerprint density at radius 3 is 1.31 bits per heavy atom. The maximum Gasteiger partial charge on any atom is 0.424 e. The molecule has 0 bridgehead atoms. The van der Waals surface area contributed by atoms with Crippen LogP contribution in [-0.4, -0.2) is 23.2 Å². The van der Waals surface area contributed by atoms with Gasteiger partial charge < -0.3 is 0 Å². The van der Waals surface area contributed by atoms with Gasteiger partial charge in [-0.15, -0.1) is 25.3 Å². The Balaban J connectivity index is 4.21. The molecule has 0 aliphatic rings. The zero-order valence-electron chi connectivity index (χ0n) is 7.04. The molecule has 0 fully saturated rings. The summed E-state index contributed by atoms with van der Waals surface area (Å²) in [6.45, 7) is 0. The van der Waals surface area contributed by atoms with Crippen molar-refractivity contribution in [3.8, 4) is 0 Å². The maximum atomic E-state index is 11.8. The van der Waals surface area contributed by atoms with Gasteiger partial charge in [0.25, 0.3) is 0 Å². The Morgan fingerprint density at radius 1 is 0.875 bits per heavy atom. The van der Waals surface area contributed by atoms with E-state index in [9.17, 15) is 30.9 Å². The summed E-state index contributed by atoms with van der Waals surface area (Å²) < 4.78 is 88.4. The van der Waals surface area contributed by atoms with Gasteiger partial charge in [0, 0.05) is 0 Å². The van der Waals surface area contributed by atoms with Crippen molar-refractivity contribution < 1.29 is 40.0 Å². The van der Waals surface area contributed by atoms with E-state index in [-0.39, 0.29) is 0 Å². The average Bonchev–Trinajstić information content (AvgIpc) is 1.99. The van der Waals surface area contributed by atoms with Gasteiger partial charge in [-0.1, -0.05) is 0 Å². The minimum atomic E-state index is -4.96. The highest BCUT2D eigenvalue weighted by Gasteiger charge is 2.42. The molecule has 0 saturated heterocycles. The van der Waals surface area contributed by atoms with Gasteiger partial charge in [0.2, 0.25) is 10.9 Å². The predicted octanol–water partition coefficient (Wildman–Crippen LogP) is 3.05. The molecule has 16 heavy (non-hydrogen) atoms. The lowest BCUT2D eigenvalue weighted by Crippen LogP contribution is -2.27. The topological polar surface area (TPSA) is 35.5 Å². The molecule has 0 amide bonds. The van der Waals surface area contributed by atoms with Crippen LogP contribution in [0.25, 0.3) is 0 Å². The molecule has 0 N–H and O–H groups in total. The molecule has 0 aromatic rings. The molecule has 0 saturated carbocycles. The summed E-state index contributed by atoms with van der Waals surface area (Å²) in [5.74, 6) is 0. The van der Waals surface area contributed by atoms with E-state index in [1.54, 1.807) is 0 Å². The molecule has 0 aliphatic carbocycles. The summed E-state index contributed by atoms with van der Waals surface area (Å²) in [7, 11) is -4.00. The smallest absolute Gasteiger partial charge is 0.287 e. The molecular weight excluding hydrogens is 305 g/mol. The summed E-state index contributed by atoms with van der Waals surface area (Å²) in [6, 6.07) is 0. The van der Waals surface area contributed by atoms with Crippen LogP contribution < -0.4 is 0 Å². The SMILES string of the molecule is O=[PH](O[C@H](S)C(F)(F)F)O[C@H](S)C(F)(F)F. The average molecular weight is 310 g/mol. The van der Waals surface area contributed by atoms with Crippen LogP contribution in [0.1, 0.15) is 0 Å². The van der Waals surface area contributed by atoms with Gasteiger partial charge in [0.1, 0.15) is 0 Å². The Hall–Kier alpha value is 0.430. The van der Waals surface area contributed by atoms with Gasteiger partial charge in [0.15, 0.2) is 0 Å². The van der Waals surface area contributed by atoms with E-state index in [1.807, 2.05) is 0 Å². The summed E-state index contributed by atoms with van der Waals surface area (Å²) in [4.78, 5) is 0. The molecule has 2 atom stereocenters. The Bertz CT molecular complexity index is 231. The van der Waals surface area contributed by atoms with Crippen molar-refractivity contribution >= 4 is 33.5 Å². The molecule has 0 unspecified atom stereocenters. The highest BCUT2D eigenvalue weighted by Crippen LogP contribution is 2.39. The first-order valence-corrected chi connectivity index (χ1v) is 5.57. The van der Waals surface area contributed by atoms with E-state index in [0.29, 0.717) is 0 Å². The zero-order valence-corrected chi connectivity index (χ0v) is 9.83. The highest BCUT2D eigenvalue weighted by molar-refractivity contribution is 7.81. The summed E-state index contributed by atoms with van der Waals surface area (Å²) in [5.41, 5.74) is -5.57. The van der Waals surface area contributed by atoms with Crippen molar-refractivity contribution in [2.24, 2.45) is 0 Å². The largest absolute Gasteiger partial charge is 0.424 e. The molecule has 0 radical (unpaired) electrons. The van der Waals surface area contributed by atoms with E-state index in [4.69, 9.17) is 0 Å². The standard InChI is InChI=1S/C4H5F6O3PS2/c5-3(6,7)1(15)12-14(11)13-2(16)4(8,9)10/h1-2,14-16H/t1-,2-/m1/s1. The van der Waals surface area contributed by atoms with Gasteiger partial charge in [-0.2, -0.15) is 26.3 Å². The Morgan fingerprint density at radius 2 is 1.12 bits per heavy atom.